The van der Waals surface area contributed by atoms with Gasteiger partial charge in [-0.3, -0.25) is 0 Å². The molecule has 0 aromatic carbocycles. The van der Waals surface area contributed by atoms with Gasteiger partial charge in [-0.25, -0.2) is 0 Å². The summed E-state index contributed by atoms with van der Waals surface area (Å²) in [5, 5.41) is 0. The summed E-state index contributed by atoms with van der Waals surface area (Å²) in [5.74, 6) is 0. The van der Waals surface area contributed by atoms with E-state index in [-0.39, 0.29) is 5.41 Å². The normalized spacial score (nSPS) is 29.6. The molecule has 0 saturated heterocycles. The van der Waals surface area contributed by atoms with Crippen molar-refractivity contribution in [2.75, 3.05) is 0 Å². The van der Waals surface area contributed by atoms with Crippen LogP contribution in [-0.2, 0) is 0 Å². The van der Waals surface area contributed by atoms with Gasteiger partial charge in [-0.1, -0.05) is 50.5 Å². The summed E-state index contributed by atoms with van der Waals surface area (Å²) >= 11 is 0. The second-order valence-electron chi connectivity index (χ2n) is 5.51. The van der Waals surface area contributed by atoms with Crippen LogP contribution in [0.4, 0.5) is 0 Å². The van der Waals surface area contributed by atoms with Crippen LogP contribution in [0.1, 0.15) is 48.5 Å². The molecule has 0 spiro atoms. The lowest BCUT2D eigenvalue weighted by molar-refractivity contribution is 0.201. The van der Waals surface area contributed by atoms with Gasteiger partial charge in [0.2, 0.25) is 0 Å². The monoisotopic (exact) mass is 178 g/mol. The fourth-order valence-corrected chi connectivity index (χ4v) is 2.42. The quantitative estimate of drug-likeness (QED) is 0.518. The van der Waals surface area contributed by atoms with Crippen LogP contribution in [0.5, 0.6) is 0 Å². The molecule has 1 rings (SSSR count). The van der Waals surface area contributed by atoms with Gasteiger partial charge in [0, 0.05) is 5.41 Å². The van der Waals surface area contributed by atoms with Crippen molar-refractivity contribution in [3.05, 3.63) is 22.8 Å². The molecule has 0 amide bonds. The lowest BCUT2D eigenvalue weighted by Crippen LogP contribution is -2.33. The highest BCUT2D eigenvalue weighted by Crippen LogP contribution is 2.53. The van der Waals surface area contributed by atoms with E-state index in [2.05, 4.69) is 54.5 Å². The number of rotatable bonds is 0. The minimum atomic E-state index is 0.261. The van der Waals surface area contributed by atoms with Crippen LogP contribution in [0, 0.1) is 10.8 Å². The minimum Gasteiger partial charge on any atom is -0.0625 e. The molecule has 1 aliphatic rings. The first kappa shape index (κ1) is 10.6. The molecule has 0 heterocycles. The molecule has 0 aliphatic heterocycles. The molecule has 0 N–H and O–H groups in total. The van der Waals surface area contributed by atoms with Crippen molar-refractivity contribution < 1.29 is 0 Å². The summed E-state index contributed by atoms with van der Waals surface area (Å²) < 4.78 is 0. The van der Waals surface area contributed by atoms with Crippen LogP contribution in [-0.4, -0.2) is 0 Å². The van der Waals surface area contributed by atoms with Gasteiger partial charge < -0.3 is 0 Å². The van der Waals surface area contributed by atoms with E-state index < -0.39 is 0 Å². The highest BCUT2D eigenvalue weighted by molar-refractivity contribution is 5.45. The van der Waals surface area contributed by atoms with Crippen LogP contribution in [0.2, 0.25) is 0 Å². The van der Waals surface area contributed by atoms with Crippen molar-refractivity contribution in [1.82, 2.24) is 0 Å². The molecule has 0 aromatic rings. The van der Waals surface area contributed by atoms with E-state index in [4.69, 9.17) is 0 Å². The van der Waals surface area contributed by atoms with Crippen LogP contribution in [0.15, 0.2) is 22.8 Å². The van der Waals surface area contributed by atoms with Gasteiger partial charge in [-0.2, -0.15) is 0 Å². The maximum absolute atomic E-state index is 2.37. The summed E-state index contributed by atoms with van der Waals surface area (Å²) in [6.07, 6.45) is 2.33. The van der Waals surface area contributed by atoms with E-state index in [1.807, 2.05) is 0 Å². The third-order valence-electron chi connectivity index (χ3n) is 4.06. The maximum atomic E-state index is 2.37. The number of hydrogen-bond acceptors (Lipinski definition) is 0. The Bertz CT molecular complexity index is 284. The standard InChI is InChI=1S/C13H22/c1-9-8-10(2)13(7,11(9)3)12(4,5)6/h8H,1-7H3. The predicted molar refractivity (Wildman–Crippen MR) is 59.7 cm³/mol. The molecule has 74 valence electrons. The molecule has 1 aliphatic carbocycles. The molecule has 1 unspecified atom stereocenters. The summed E-state index contributed by atoms with van der Waals surface area (Å²) in [6, 6.07) is 0. The summed E-state index contributed by atoms with van der Waals surface area (Å²) in [7, 11) is 0. The van der Waals surface area contributed by atoms with E-state index >= 15 is 0 Å². The molecule has 0 radical (unpaired) electrons. The average molecular weight is 178 g/mol. The van der Waals surface area contributed by atoms with Crippen LogP contribution in [0.3, 0.4) is 0 Å². The second kappa shape index (κ2) is 2.73. The Kier molecular flexibility index (Phi) is 2.22. The lowest BCUT2D eigenvalue weighted by Gasteiger charge is -2.42. The second-order valence-corrected chi connectivity index (χ2v) is 5.51. The largest absolute Gasteiger partial charge is 0.0625 e. The van der Waals surface area contributed by atoms with Crippen molar-refractivity contribution in [3.8, 4) is 0 Å². The SMILES string of the molecule is CC1=CC(C)=C(C)C1(C)C(C)(C)C. The fourth-order valence-electron chi connectivity index (χ4n) is 2.42. The third kappa shape index (κ3) is 1.27. The van der Waals surface area contributed by atoms with E-state index in [0.29, 0.717) is 5.41 Å². The van der Waals surface area contributed by atoms with Crippen molar-refractivity contribution in [2.45, 2.75) is 48.5 Å². The molecular weight excluding hydrogens is 156 g/mol. The van der Waals surface area contributed by atoms with Gasteiger partial charge in [0.15, 0.2) is 0 Å². The molecule has 13 heavy (non-hydrogen) atoms. The molecule has 0 bridgehead atoms. The van der Waals surface area contributed by atoms with Crippen LogP contribution < -0.4 is 0 Å². The van der Waals surface area contributed by atoms with Gasteiger partial charge >= 0.3 is 0 Å². The Morgan fingerprint density at radius 2 is 1.54 bits per heavy atom. The number of allylic oxidation sites excluding steroid dienone is 4. The Morgan fingerprint density at radius 1 is 1.08 bits per heavy atom. The van der Waals surface area contributed by atoms with E-state index in [9.17, 15) is 0 Å². The molecule has 0 heteroatoms. The van der Waals surface area contributed by atoms with E-state index in [1.165, 1.54) is 16.7 Å². The number of hydrogen-bond donors (Lipinski definition) is 0. The Labute approximate surface area is 82.7 Å². The minimum absolute atomic E-state index is 0.261. The lowest BCUT2D eigenvalue weighted by atomic mass is 9.62. The average Bonchev–Trinajstić information content (AvgIpc) is 2.14. The predicted octanol–water partition coefficient (Wildman–Crippen LogP) is 4.34. The Hall–Kier alpha value is -0.520. The Balaban J connectivity index is 3.27. The van der Waals surface area contributed by atoms with E-state index in [1.54, 1.807) is 0 Å². The molecule has 0 fully saturated rings. The topological polar surface area (TPSA) is 0 Å². The smallest absolute Gasteiger partial charge is 0.0144 e. The van der Waals surface area contributed by atoms with Gasteiger partial charge in [0.05, 0.1) is 0 Å². The highest BCUT2D eigenvalue weighted by atomic mass is 14.5. The first-order valence-electron chi connectivity index (χ1n) is 5.08. The highest BCUT2D eigenvalue weighted by Gasteiger charge is 2.43. The summed E-state index contributed by atoms with van der Waals surface area (Å²) in [6.45, 7) is 16.1. The van der Waals surface area contributed by atoms with Crippen molar-refractivity contribution >= 4 is 0 Å². The van der Waals surface area contributed by atoms with Crippen molar-refractivity contribution in [2.24, 2.45) is 10.8 Å². The van der Waals surface area contributed by atoms with Crippen LogP contribution in [0.25, 0.3) is 0 Å². The molecular formula is C13H22. The zero-order valence-electron chi connectivity index (χ0n) is 10.1. The fraction of sp³-hybridized carbons (Fsp3) is 0.692. The Morgan fingerprint density at radius 3 is 1.69 bits per heavy atom. The zero-order valence-corrected chi connectivity index (χ0v) is 10.1. The summed E-state index contributed by atoms with van der Waals surface area (Å²) in [5.41, 5.74) is 5.08. The van der Waals surface area contributed by atoms with Gasteiger partial charge in [-0.15, -0.1) is 0 Å². The molecule has 0 nitrogen and oxygen atoms in total. The first-order valence-corrected chi connectivity index (χ1v) is 5.08. The molecule has 1 atom stereocenters. The first-order chi connectivity index (χ1) is 5.71. The van der Waals surface area contributed by atoms with Crippen LogP contribution >= 0.6 is 0 Å². The van der Waals surface area contributed by atoms with Crippen molar-refractivity contribution in [1.29, 1.82) is 0 Å². The van der Waals surface area contributed by atoms with Gasteiger partial charge in [0.1, 0.15) is 0 Å². The maximum Gasteiger partial charge on any atom is 0.0144 e. The molecule has 0 aromatic heterocycles. The van der Waals surface area contributed by atoms with Gasteiger partial charge in [-0.05, 0) is 26.2 Å². The van der Waals surface area contributed by atoms with Crippen molar-refractivity contribution in [3.63, 3.8) is 0 Å². The zero-order chi connectivity index (χ0) is 10.4. The van der Waals surface area contributed by atoms with Gasteiger partial charge in [0.25, 0.3) is 0 Å². The summed E-state index contributed by atoms with van der Waals surface area (Å²) in [4.78, 5) is 0. The third-order valence-corrected chi connectivity index (χ3v) is 4.06. The van der Waals surface area contributed by atoms with E-state index in [0.717, 1.165) is 0 Å². The molecule has 0 saturated carbocycles.